The number of halogens is 3. The van der Waals surface area contributed by atoms with E-state index in [1.54, 1.807) is 0 Å². The van der Waals surface area contributed by atoms with Crippen molar-refractivity contribution in [2.45, 2.75) is 18.2 Å². The lowest BCUT2D eigenvalue weighted by Gasteiger charge is -2.21. The normalized spacial score (nSPS) is 24.2. The Hall–Kier alpha value is -1.34. The molecule has 4 nitrogen and oxygen atoms in total. The molecule has 1 saturated heterocycles. The van der Waals surface area contributed by atoms with Gasteiger partial charge in [0.1, 0.15) is 11.4 Å². The Bertz CT molecular complexity index is 400. The van der Waals surface area contributed by atoms with E-state index in [0.29, 0.717) is 18.8 Å². The van der Waals surface area contributed by atoms with Gasteiger partial charge in [0, 0.05) is 25.8 Å². The zero-order chi connectivity index (χ0) is 13.2. The van der Waals surface area contributed by atoms with E-state index in [4.69, 9.17) is 4.74 Å². The summed E-state index contributed by atoms with van der Waals surface area (Å²) in [6.07, 6.45) is -3.12. The minimum absolute atomic E-state index is 0.200. The molecule has 1 aliphatic rings. The molecule has 1 aromatic rings. The third-order valence-electron chi connectivity index (χ3n) is 2.77. The summed E-state index contributed by atoms with van der Waals surface area (Å²) in [7, 11) is 0. The van der Waals surface area contributed by atoms with E-state index in [-0.39, 0.29) is 13.2 Å². The number of ether oxygens (including phenoxy) is 1. The number of anilines is 1. The third kappa shape index (κ3) is 3.11. The molecule has 0 aromatic carbocycles. The summed E-state index contributed by atoms with van der Waals surface area (Å²) in [5.41, 5.74) is -1.76. The van der Waals surface area contributed by atoms with Gasteiger partial charge in [-0.15, -0.1) is 0 Å². The molecule has 1 unspecified atom stereocenters. The summed E-state index contributed by atoms with van der Waals surface area (Å²) in [5, 5.41) is 12.7. The molecule has 18 heavy (non-hydrogen) atoms. The number of alkyl halides is 3. The Morgan fingerprint density at radius 1 is 1.44 bits per heavy atom. The van der Waals surface area contributed by atoms with Crippen molar-refractivity contribution in [3.05, 3.63) is 23.9 Å². The van der Waals surface area contributed by atoms with Crippen molar-refractivity contribution in [3.63, 3.8) is 0 Å². The van der Waals surface area contributed by atoms with Gasteiger partial charge in [0.25, 0.3) is 0 Å². The van der Waals surface area contributed by atoms with Crippen molar-refractivity contribution >= 4 is 5.82 Å². The smallest absolute Gasteiger partial charge is 0.386 e. The molecule has 2 N–H and O–H groups in total. The monoisotopic (exact) mass is 262 g/mol. The van der Waals surface area contributed by atoms with Crippen LogP contribution in [0.15, 0.2) is 18.3 Å². The largest absolute Gasteiger partial charge is 0.417 e. The van der Waals surface area contributed by atoms with Crippen LogP contribution in [0.2, 0.25) is 0 Å². The second kappa shape index (κ2) is 4.74. The van der Waals surface area contributed by atoms with E-state index in [1.807, 2.05) is 0 Å². The van der Waals surface area contributed by atoms with Crippen molar-refractivity contribution in [2.75, 3.05) is 25.1 Å². The molecular formula is C11H13F3N2O2. The maximum absolute atomic E-state index is 12.3. The minimum atomic E-state index is -4.39. The predicted molar refractivity (Wildman–Crippen MR) is 58.1 cm³/mol. The van der Waals surface area contributed by atoms with E-state index in [2.05, 4.69) is 10.3 Å². The molecule has 0 radical (unpaired) electrons. The second-order valence-corrected chi connectivity index (χ2v) is 4.31. The first-order chi connectivity index (χ1) is 8.39. The van der Waals surface area contributed by atoms with Gasteiger partial charge in [-0.05, 0) is 12.1 Å². The molecule has 0 aliphatic carbocycles. The molecule has 100 valence electrons. The van der Waals surface area contributed by atoms with Gasteiger partial charge in [-0.1, -0.05) is 0 Å². The molecule has 1 aromatic heterocycles. The number of pyridine rings is 1. The maximum Gasteiger partial charge on any atom is 0.417 e. The van der Waals surface area contributed by atoms with Gasteiger partial charge in [0.2, 0.25) is 0 Å². The molecular weight excluding hydrogens is 249 g/mol. The van der Waals surface area contributed by atoms with Crippen molar-refractivity contribution < 1.29 is 23.0 Å². The SMILES string of the molecule is OC1(CNc2ccc(C(F)(F)F)cn2)CCOC1. The van der Waals surface area contributed by atoms with Gasteiger partial charge in [0.05, 0.1) is 12.2 Å². The highest BCUT2D eigenvalue weighted by Gasteiger charge is 2.32. The van der Waals surface area contributed by atoms with Crippen LogP contribution in [0.4, 0.5) is 19.0 Å². The molecule has 1 atom stereocenters. The molecule has 1 fully saturated rings. The predicted octanol–water partition coefficient (Wildman–Crippen LogP) is 1.66. The van der Waals surface area contributed by atoms with Gasteiger partial charge in [-0.25, -0.2) is 4.98 Å². The van der Waals surface area contributed by atoms with Gasteiger partial charge < -0.3 is 15.2 Å². The summed E-state index contributed by atoms with van der Waals surface area (Å²) >= 11 is 0. The fourth-order valence-electron chi connectivity index (χ4n) is 1.66. The van der Waals surface area contributed by atoms with Crippen molar-refractivity contribution in [1.29, 1.82) is 0 Å². The van der Waals surface area contributed by atoms with Crippen molar-refractivity contribution in [1.82, 2.24) is 4.98 Å². The quantitative estimate of drug-likeness (QED) is 0.870. The van der Waals surface area contributed by atoms with Crippen LogP contribution in [0.1, 0.15) is 12.0 Å². The Morgan fingerprint density at radius 3 is 2.72 bits per heavy atom. The van der Waals surface area contributed by atoms with Crippen molar-refractivity contribution in [3.8, 4) is 0 Å². The Morgan fingerprint density at radius 2 is 2.22 bits per heavy atom. The summed E-state index contributed by atoms with van der Waals surface area (Å²) < 4.78 is 41.9. The van der Waals surface area contributed by atoms with Crippen LogP contribution in [0, 0.1) is 0 Å². The molecule has 2 rings (SSSR count). The van der Waals surface area contributed by atoms with Crippen LogP contribution in [-0.2, 0) is 10.9 Å². The Balaban J connectivity index is 1.94. The standard InChI is InChI=1S/C11H13F3N2O2/c12-11(13,14)8-1-2-9(15-5-8)16-6-10(17)3-4-18-7-10/h1-2,5,17H,3-4,6-7H2,(H,15,16). The summed E-state index contributed by atoms with van der Waals surface area (Å²) in [5.74, 6) is 0.295. The fourth-order valence-corrected chi connectivity index (χ4v) is 1.66. The molecule has 0 bridgehead atoms. The Kier molecular flexibility index (Phi) is 3.45. The van der Waals surface area contributed by atoms with Crippen LogP contribution >= 0.6 is 0 Å². The van der Waals surface area contributed by atoms with Crippen LogP contribution < -0.4 is 5.32 Å². The highest BCUT2D eigenvalue weighted by atomic mass is 19.4. The number of aromatic nitrogens is 1. The van der Waals surface area contributed by atoms with E-state index in [9.17, 15) is 18.3 Å². The lowest BCUT2D eigenvalue weighted by atomic mass is 10.0. The van der Waals surface area contributed by atoms with Crippen LogP contribution in [0.5, 0.6) is 0 Å². The van der Waals surface area contributed by atoms with Gasteiger partial charge >= 0.3 is 6.18 Å². The van der Waals surface area contributed by atoms with Gasteiger partial charge in [-0.2, -0.15) is 13.2 Å². The zero-order valence-electron chi connectivity index (χ0n) is 9.50. The minimum Gasteiger partial charge on any atom is -0.386 e. The van der Waals surface area contributed by atoms with Crippen LogP contribution in [0.25, 0.3) is 0 Å². The molecule has 0 amide bonds. The zero-order valence-corrected chi connectivity index (χ0v) is 9.50. The first-order valence-electron chi connectivity index (χ1n) is 5.46. The summed E-state index contributed by atoms with van der Waals surface area (Å²) in [6.45, 7) is 0.907. The average Bonchev–Trinajstić information content (AvgIpc) is 2.74. The van der Waals surface area contributed by atoms with E-state index in [0.717, 1.165) is 12.3 Å². The van der Waals surface area contributed by atoms with Gasteiger partial charge in [-0.3, -0.25) is 0 Å². The summed E-state index contributed by atoms with van der Waals surface area (Å²) in [4.78, 5) is 3.65. The number of rotatable bonds is 3. The van der Waals surface area contributed by atoms with Crippen LogP contribution in [-0.4, -0.2) is 35.5 Å². The number of hydrogen-bond donors (Lipinski definition) is 2. The number of aliphatic hydroxyl groups is 1. The molecule has 0 spiro atoms. The van der Waals surface area contributed by atoms with E-state index >= 15 is 0 Å². The highest BCUT2D eigenvalue weighted by molar-refractivity contribution is 5.36. The number of hydrogen-bond acceptors (Lipinski definition) is 4. The topological polar surface area (TPSA) is 54.4 Å². The first kappa shape index (κ1) is 13.1. The maximum atomic E-state index is 12.3. The lowest BCUT2D eigenvalue weighted by molar-refractivity contribution is -0.137. The fraction of sp³-hybridized carbons (Fsp3) is 0.545. The summed E-state index contributed by atoms with van der Waals surface area (Å²) in [6, 6.07) is 2.19. The van der Waals surface area contributed by atoms with E-state index < -0.39 is 17.3 Å². The third-order valence-corrected chi connectivity index (χ3v) is 2.77. The first-order valence-corrected chi connectivity index (χ1v) is 5.46. The highest BCUT2D eigenvalue weighted by Crippen LogP contribution is 2.29. The number of nitrogens with one attached hydrogen (secondary N) is 1. The van der Waals surface area contributed by atoms with E-state index in [1.165, 1.54) is 6.07 Å². The Labute approximate surface area is 102 Å². The number of nitrogens with zero attached hydrogens (tertiary/aromatic N) is 1. The molecule has 2 heterocycles. The average molecular weight is 262 g/mol. The van der Waals surface area contributed by atoms with Crippen molar-refractivity contribution in [2.24, 2.45) is 0 Å². The van der Waals surface area contributed by atoms with Crippen LogP contribution in [0.3, 0.4) is 0 Å². The lowest BCUT2D eigenvalue weighted by Crippen LogP contribution is -2.37. The molecule has 7 heteroatoms. The molecule has 1 aliphatic heterocycles. The molecule has 0 saturated carbocycles. The second-order valence-electron chi connectivity index (χ2n) is 4.31. The van der Waals surface area contributed by atoms with Gasteiger partial charge in [0.15, 0.2) is 0 Å².